The van der Waals surface area contributed by atoms with Crippen LogP contribution in [0.3, 0.4) is 0 Å². The maximum absolute atomic E-state index is 12.4. The molecule has 0 atom stereocenters. The number of non-ortho nitro benzene ring substituents is 1. The van der Waals surface area contributed by atoms with Crippen molar-refractivity contribution in [2.45, 2.75) is 6.54 Å². The van der Waals surface area contributed by atoms with E-state index in [1.165, 1.54) is 34.0 Å². The number of carbonyl (C=O) groups excluding carboxylic acids is 1. The summed E-state index contributed by atoms with van der Waals surface area (Å²) < 4.78 is 1.18. The van der Waals surface area contributed by atoms with Gasteiger partial charge in [0, 0.05) is 25.2 Å². The van der Waals surface area contributed by atoms with Crippen LogP contribution in [0.2, 0.25) is 0 Å². The minimum absolute atomic E-state index is 0.147. The Hall–Kier alpha value is -3.29. The first-order chi connectivity index (χ1) is 11.5. The molecule has 8 heteroatoms. The summed E-state index contributed by atoms with van der Waals surface area (Å²) in [5.41, 5.74) is -0.362. The standard InChI is InChI=1S/C16H16N4O4/c1-3-7-18(8-4-2)15(21)10-19-11-17-14-9-12(20(23)24)5-6-13(14)16(19)22/h3-6,9,11H,1-2,7-8,10H2. The third-order valence-corrected chi connectivity index (χ3v) is 3.38. The topological polar surface area (TPSA) is 98.3 Å². The van der Waals surface area contributed by atoms with Gasteiger partial charge in [-0.3, -0.25) is 24.3 Å². The molecular formula is C16H16N4O4. The van der Waals surface area contributed by atoms with Gasteiger partial charge in [0.2, 0.25) is 5.91 Å². The molecule has 0 bridgehead atoms. The summed E-state index contributed by atoms with van der Waals surface area (Å²) in [7, 11) is 0. The summed E-state index contributed by atoms with van der Waals surface area (Å²) in [6, 6.07) is 3.80. The van der Waals surface area contributed by atoms with Crippen molar-refractivity contribution >= 4 is 22.5 Å². The van der Waals surface area contributed by atoms with Crippen LogP contribution in [0.25, 0.3) is 10.9 Å². The molecule has 0 saturated heterocycles. The Labute approximate surface area is 137 Å². The van der Waals surface area contributed by atoms with Gasteiger partial charge < -0.3 is 4.90 Å². The Morgan fingerprint density at radius 3 is 2.58 bits per heavy atom. The van der Waals surface area contributed by atoms with Gasteiger partial charge in [-0.1, -0.05) is 12.2 Å². The Morgan fingerprint density at radius 1 is 1.33 bits per heavy atom. The molecular weight excluding hydrogens is 312 g/mol. The Kier molecular flexibility index (Phi) is 5.20. The smallest absolute Gasteiger partial charge is 0.271 e. The fourth-order valence-electron chi connectivity index (χ4n) is 2.21. The van der Waals surface area contributed by atoms with E-state index in [-0.39, 0.29) is 29.0 Å². The maximum Gasteiger partial charge on any atom is 0.271 e. The summed E-state index contributed by atoms with van der Waals surface area (Å²) >= 11 is 0. The molecule has 8 nitrogen and oxygen atoms in total. The Balaban J connectivity index is 2.34. The first-order valence-corrected chi connectivity index (χ1v) is 7.11. The van der Waals surface area contributed by atoms with E-state index in [2.05, 4.69) is 18.1 Å². The Morgan fingerprint density at radius 2 is 2.00 bits per heavy atom. The van der Waals surface area contributed by atoms with Crippen molar-refractivity contribution in [3.63, 3.8) is 0 Å². The second kappa shape index (κ2) is 7.32. The van der Waals surface area contributed by atoms with Gasteiger partial charge in [0.05, 0.1) is 22.2 Å². The summed E-state index contributed by atoms with van der Waals surface area (Å²) in [6.45, 7) is 7.68. The van der Waals surface area contributed by atoms with Crippen LogP contribution < -0.4 is 5.56 Å². The lowest BCUT2D eigenvalue weighted by Crippen LogP contribution is -2.36. The number of aromatic nitrogens is 2. The highest BCUT2D eigenvalue weighted by Crippen LogP contribution is 2.16. The summed E-state index contributed by atoms with van der Waals surface area (Å²) in [5.74, 6) is -0.278. The number of nitro benzene ring substituents is 1. The van der Waals surface area contributed by atoms with Crippen molar-refractivity contribution in [3.8, 4) is 0 Å². The SMILES string of the molecule is C=CCN(CC=C)C(=O)Cn1cnc2cc([N+](=O)[O-])ccc2c1=O. The van der Waals surface area contributed by atoms with Crippen LogP contribution in [0, 0.1) is 10.1 Å². The van der Waals surface area contributed by atoms with E-state index in [0.717, 1.165) is 0 Å². The molecule has 0 aliphatic rings. The number of hydrogen-bond donors (Lipinski definition) is 0. The number of rotatable bonds is 7. The average molecular weight is 328 g/mol. The zero-order chi connectivity index (χ0) is 17.7. The van der Waals surface area contributed by atoms with E-state index in [0.29, 0.717) is 13.1 Å². The number of hydrogen-bond acceptors (Lipinski definition) is 5. The highest BCUT2D eigenvalue weighted by atomic mass is 16.6. The zero-order valence-corrected chi connectivity index (χ0v) is 12.9. The molecule has 0 unspecified atom stereocenters. The third-order valence-electron chi connectivity index (χ3n) is 3.38. The van der Waals surface area contributed by atoms with Crippen molar-refractivity contribution < 1.29 is 9.72 Å². The molecule has 0 spiro atoms. The second-order valence-corrected chi connectivity index (χ2v) is 5.01. The molecule has 0 aliphatic heterocycles. The lowest BCUT2D eigenvalue weighted by Gasteiger charge is -2.19. The largest absolute Gasteiger partial charge is 0.334 e. The van der Waals surface area contributed by atoms with Crippen LogP contribution in [0.1, 0.15) is 0 Å². The average Bonchev–Trinajstić information content (AvgIpc) is 2.56. The van der Waals surface area contributed by atoms with E-state index in [1.54, 1.807) is 12.2 Å². The molecule has 124 valence electrons. The van der Waals surface area contributed by atoms with Gasteiger partial charge in [0.1, 0.15) is 6.54 Å². The van der Waals surface area contributed by atoms with Gasteiger partial charge in [-0.25, -0.2) is 4.98 Å². The molecule has 24 heavy (non-hydrogen) atoms. The first-order valence-electron chi connectivity index (χ1n) is 7.11. The number of amides is 1. The predicted octanol–water partition coefficient (Wildman–Crippen LogP) is 1.51. The summed E-state index contributed by atoms with van der Waals surface area (Å²) in [4.78, 5) is 40.4. The Bertz CT molecular complexity index is 862. The van der Waals surface area contributed by atoms with Gasteiger partial charge in [-0.2, -0.15) is 0 Å². The van der Waals surface area contributed by atoms with Gasteiger partial charge in [0.15, 0.2) is 0 Å². The van der Waals surface area contributed by atoms with Crippen LogP contribution in [0.5, 0.6) is 0 Å². The highest BCUT2D eigenvalue weighted by molar-refractivity contribution is 5.80. The fraction of sp³-hybridized carbons (Fsp3) is 0.188. The number of benzene rings is 1. The number of nitrogens with zero attached hydrogens (tertiary/aromatic N) is 4. The van der Waals surface area contributed by atoms with E-state index in [4.69, 9.17) is 0 Å². The van der Waals surface area contributed by atoms with Crippen LogP contribution in [0.4, 0.5) is 5.69 Å². The number of carbonyl (C=O) groups is 1. The fourth-order valence-corrected chi connectivity index (χ4v) is 2.21. The minimum Gasteiger partial charge on any atom is -0.334 e. The van der Waals surface area contributed by atoms with Crippen LogP contribution >= 0.6 is 0 Å². The monoisotopic (exact) mass is 328 g/mol. The summed E-state index contributed by atoms with van der Waals surface area (Å²) in [6.07, 6.45) is 4.39. The lowest BCUT2D eigenvalue weighted by molar-refractivity contribution is -0.384. The molecule has 0 N–H and O–H groups in total. The van der Waals surface area contributed by atoms with Gasteiger partial charge in [0.25, 0.3) is 11.2 Å². The molecule has 1 heterocycles. The number of fused-ring (bicyclic) bond motifs is 1. The van der Waals surface area contributed by atoms with E-state index >= 15 is 0 Å². The molecule has 0 radical (unpaired) electrons. The third kappa shape index (κ3) is 3.54. The van der Waals surface area contributed by atoms with Crippen molar-refractivity contribution in [1.29, 1.82) is 0 Å². The van der Waals surface area contributed by atoms with Crippen molar-refractivity contribution in [1.82, 2.24) is 14.5 Å². The maximum atomic E-state index is 12.4. The lowest BCUT2D eigenvalue weighted by atomic mass is 10.2. The molecule has 0 fully saturated rings. The van der Waals surface area contributed by atoms with Gasteiger partial charge in [-0.15, -0.1) is 13.2 Å². The van der Waals surface area contributed by atoms with Gasteiger partial charge in [-0.05, 0) is 6.07 Å². The van der Waals surface area contributed by atoms with Crippen LogP contribution in [0.15, 0.2) is 54.6 Å². The normalized spacial score (nSPS) is 10.3. The second-order valence-electron chi connectivity index (χ2n) is 5.01. The van der Waals surface area contributed by atoms with Crippen molar-refractivity contribution in [2.24, 2.45) is 0 Å². The van der Waals surface area contributed by atoms with E-state index in [1.807, 2.05) is 0 Å². The minimum atomic E-state index is -0.557. The molecule has 0 aliphatic carbocycles. The van der Waals surface area contributed by atoms with Crippen LogP contribution in [-0.4, -0.2) is 38.4 Å². The molecule has 2 aromatic rings. The van der Waals surface area contributed by atoms with Crippen LogP contribution in [-0.2, 0) is 11.3 Å². The summed E-state index contributed by atoms with van der Waals surface area (Å²) in [5, 5.41) is 11.0. The molecule has 1 amide bonds. The number of nitro groups is 1. The van der Waals surface area contributed by atoms with Crippen molar-refractivity contribution in [2.75, 3.05) is 13.1 Å². The highest BCUT2D eigenvalue weighted by Gasteiger charge is 2.15. The predicted molar refractivity (Wildman–Crippen MR) is 89.6 cm³/mol. The molecule has 2 rings (SSSR count). The molecule has 0 saturated carbocycles. The molecule has 1 aromatic heterocycles. The first kappa shape index (κ1) is 17.1. The van der Waals surface area contributed by atoms with E-state index in [9.17, 15) is 19.7 Å². The quantitative estimate of drug-likeness (QED) is 0.436. The van der Waals surface area contributed by atoms with E-state index < -0.39 is 10.5 Å². The zero-order valence-electron chi connectivity index (χ0n) is 12.9. The van der Waals surface area contributed by atoms with Crippen molar-refractivity contribution in [3.05, 3.63) is 70.3 Å². The molecule has 1 aromatic carbocycles. The van der Waals surface area contributed by atoms with Gasteiger partial charge >= 0.3 is 0 Å².